The van der Waals surface area contributed by atoms with Crippen molar-refractivity contribution in [3.05, 3.63) is 60.2 Å². The number of nitrogens with zero attached hydrogens (tertiary/aromatic N) is 2. The van der Waals surface area contributed by atoms with Crippen molar-refractivity contribution in [3.63, 3.8) is 0 Å². The molecule has 0 atom stereocenters. The van der Waals surface area contributed by atoms with Gasteiger partial charge < -0.3 is 0 Å². The number of aromatic nitrogens is 2. The molecule has 0 aromatic carbocycles. The summed E-state index contributed by atoms with van der Waals surface area (Å²) in [5.74, 6) is 0. The summed E-state index contributed by atoms with van der Waals surface area (Å²) in [4.78, 5) is 0. The molecule has 0 amide bonds. The molecule has 100 valence electrons. The molecule has 0 saturated carbocycles. The van der Waals surface area contributed by atoms with Crippen LogP contribution in [-0.2, 0) is 4.57 Å². The summed E-state index contributed by atoms with van der Waals surface area (Å²) in [6.45, 7) is 4.26. The Morgan fingerprint density at radius 3 is 1.79 bits per heavy atom. The third kappa shape index (κ3) is 2.90. The smallest absolute Gasteiger partial charge is 0.129 e. The van der Waals surface area contributed by atoms with Crippen molar-refractivity contribution in [1.82, 2.24) is 0 Å². The molecule has 0 fully saturated rings. The van der Waals surface area contributed by atoms with E-state index < -0.39 is 0 Å². The molecule has 2 heterocycles. The summed E-state index contributed by atoms with van der Waals surface area (Å²) in [6.07, 6.45) is 5.18. The van der Waals surface area contributed by atoms with E-state index in [1.807, 2.05) is 0 Å². The Hall–Kier alpha value is -0.740. The van der Waals surface area contributed by atoms with Crippen LogP contribution in [0.4, 0.5) is 0 Å². The largest absolute Gasteiger partial charge is 0.416 e. The van der Waals surface area contributed by atoms with Gasteiger partial charge in [0.1, 0.15) is 6.42 Å². The Morgan fingerprint density at radius 2 is 1.42 bits per heavy atom. The van der Waals surface area contributed by atoms with Crippen LogP contribution in [0.2, 0.25) is 0 Å². The zero-order valence-electron chi connectivity index (χ0n) is 11.2. The van der Waals surface area contributed by atoms with Crippen LogP contribution in [0.25, 0.3) is 0 Å². The highest BCUT2D eigenvalue weighted by molar-refractivity contribution is 9.09. The maximum atomic E-state index is 3.96. The van der Waals surface area contributed by atoms with E-state index in [1.165, 1.54) is 11.4 Å². The number of halogens is 2. The topological polar surface area (TPSA) is 7.76 Å². The zero-order chi connectivity index (χ0) is 13.9. The molecule has 19 heavy (non-hydrogen) atoms. The lowest BCUT2D eigenvalue weighted by molar-refractivity contribution is -0.965. The maximum absolute atomic E-state index is 3.96. The third-order valence-corrected chi connectivity index (χ3v) is 4.84. The van der Waals surface area contributed by atoms with Crippen LogP contribution in [0.15, 0.2) is 48.8 Å². The summed E-state index contributed by atoms with van der Waals surface area (Å²) in [7, 11) is 0. The van der Waals surface area contributed by atoms with Gasteiger partial charge in [-0.3, -0.25) is 0 Å². The monoisotopic (exact) mass is 384 g/mol. The van der Waals surface area contributed by atoms with Gasteiger partial charge in [0.2, 0.25) is 0 Å². The SMILES string of the molecule is Cc1cccc[n+]1C(Br)(CCBr)[n+]1ccccc1C. The fourth-order valence-electron chi connectivity index (χ4n) is 2.30. The molecule has 0 aliphatic carbocycles. The van der Waals surface area contributed by atoms with Crippen LogP contribution >= 0.6 is 31.9 Å². The third-order valence-electron chi connectivity index (χ3n) is 3.28. The van der Waals surface area contributed by atoms with E-state index in [9.17, 15) is 0 Å². The number of hydrogen-bond donors (Lipinski definition) is 0. The van der Waals surface area contributed by atoms with Crippen molar-refractivity contribution in [3.8, 4) is 0 Å². The quantitative estimate of drug-likeness (QED) is 0.563. The van der Waals surface area contributed by atoms with Crippen molar-refractivity contribution in [2.45, 2.75) is 24.8 Å². The zero-order valence-corrected chi connectivity index (χ0v) is 14.4. The molecule has 2 aromatic rings. The summed E-state index contributed by atoms with van der Waals surface area (Å²) in [5.41, 5.74) is 2.44. The van der Waals surface area contributed by atoms with Crippen molar-refractivity contribution in [2.75, 3.05) is 5.33 Å². The predicted octanol–water partition coefficient (Wildman–Crippen LogP) is 3.22. The summed E-state index contributed by atoms with van der Waals surface area (Å²) < 4.78 is 4.25. The fourth-order valence-corrected chi connectivity index (χ4v) is 4.38. The van der Waals surface area contributed by atoms with Crippen molar-refractivity contribution in [2.24, 2.45) is 0 Å². The van der Waals surface area contributed by atoms with Gasteiger partial charge in [0, 0.05) is 43.4 Å². The van der Waals surface area contributed by atoms with Gasteiger partial charge in [0.25, 0.3) is 0 Å². The lowest BCUT2D eigenvalue weighted by Gasteiger charge is -2.19. The van der Waals surface area contributed by atoms with E-state index in [0.29, 0.717) is 0 Å². The standard InChI is InChI=1S/C15H18Br2N2/c1-13-7-3-5-11-18(13)15(17,9-10-16)19-12-6-4-8-14(19)2/h3-8,11-12H,9-10H2,1-2H3/q+2. The first-order valence-corrected chi connectivity index (χ1v) is 8.21. The van der Waals surface area contributed by atoms with E-state index in [0.717, 1.165) is 11.8 Å². The van der Waals surface area contributed by atoms with Gasteiger partial charge in [-0.05, 0) is 0 Å². The van der Waals surface area contributed by atoms with Crippen LogP contribution in [0.5, 0.6) is 0 Å². The van der Waals surface area contributed by atoms with Gasteiger partial charge in [-0.1, -0.05) is 28.1 Å². The Kier molecular flexibility index (Phi) is 4.74. The molecule has 2 aromatic heterocycles. The average Bonchev–Trinajstić information content (AvgIpc) is 2.39. The second-order valence-corrected chi connectivity index (χ2v) is 6.64. The highest BCUT2D eigenvalue weighted by Crippen LogP contribution is 2.21. The molecule has 0 bridgehead atoms. The minimum absolute atomic E-state index is 0.285. The fraction of sp³-hybridized carbons (Fsp3) is 0.333. The normalized spacial score (nSPS) is 11.6. The van der Waals surface area contributed by atoms with E-state index in [2.05, 4.69) is 104 Å². The van der Waals surface area contributed by atoms with Crippen LogP contribution in [0.3, 0.4) is 0 Å². The van der Waals surface area contributed by atoms with Crippen LogP contribution in [-0.4, -0.2) is 5.33 Å². The van der Waals surface area contributed by atoms with Gasteiger partial charge in [-0.15, -0.1) is 9.13 Å². The molecular formula is C15H18Br2N2+2. The lowest BCUT2D eigenvalue weighted by atomic mass is 10.2. The predicted molar refractivity (Wildman–Crippen MR) is 83.5 cm³/mol. The number of aryl methyl sites for hydroxylation is 2. The molecule has 0 unspecified atom stereocenters. The molecule has 0 spiro atoms. The van der Waals surface area contributed by atoms with Crippen LogP contribution in [0.1, 0.15) is 17.8 Å². The van der Waals surface area contributed by atoms with E-state index >= 15 is 0 Å². The molecule has 0 radical (unpaired) electrons. The first-order valence-electron chi connectivity index (χ1n) is 6.30. The molecule has 2 rings (SSSR count). The van der Waals surface area contributed by atoms with Crippen molar-refractivity contribution < 1.29 is 9.13 Å². The van der Waals surface area contributed by atoms with Gasteiger partial charge in [-0.25, -0.2) is 0 Å². The van der Waals surface area contributed by atoms with E-state index in [1.54, 1.807) is 0 Å². The van der Waals surface area contributed by atoms with Crippen LogP contribution in [0, 0.1) is 13.8 Å². The Labute approximate surface area is 131 Å². The minimum atomic E-state index is -0.285. The molecule has 2 nitrogen and oxygen atoms in total. The molecule has 0 aliphatic rings. The lowest BCUT2D eigenvalue weighted by Crippen LogP contribution is -2.71. The first-order chi connectivity index (χ1) is 9.09. The molecular weight excluding hydrogens is 368 g/mol. The molecule has 0 aliphatic heterocycles. The van der Waals surface area contributed by atoms with E-state index in [-0.39, 0.29) is 4.57 Å². The Bertz CT molecular complexity index is 524. The highest BCUT2D eigenvalue weighted by atomic mass is 79.9. The molecule has 0 saturated heterocycles. The minimum Gasteiger partial charge on any atom is -0.129 e. The molecule has 0 N–H and O–H groups in total. The Balaban J connectivity index is 2.62. The molecule has 4 heteroatoms. The van der Waals surface area contributed by atoms with E-state index in [4.69, 9.17) is 0 Å². The van der Waals surface area contributed by atoms with Crippen LogP contribution < -0.4 is 9.13 Å². The number of rotatable bonds is 4. The number of alkyl halides is 2. The second kappa shape index (κ2) is 6.14. The van der Waals surface area contributed by atoms with Crippen molar-refractivity contribution in [1.29, 1.82) is 0 Å². The average molecular weight is 386 g/mol. The van der Waals surface area contributed by atoms with Gasteiger partial charge >= 0.3 is 4.57 Å². The second-order valence-electron chi connectivity index (χ2n) is 4.58. The Morgan fingerprint density at radius 1 is 0.947 bits per heavy atom. The summed E-state index contributed by atoms with van der Waals surface area (Å²) in [6, 6.07) is 12.5. The summed E-state index contributed by atoms with van der Waals surface area (Å²) in [5, 5.41) is 0.918. The number of hydrogen-bond acceptors (Lipinski definition) is 0. The van der Waals surface area contributed by atoms with Gasteiger partial charge in [-0.2, -0.15) is 0 Å². The first kappa shape index (κ1) is 14.7. The maximum Gasteiger partial charge on any atom is 0.416 e. The highest BCUT2D eigenvalue weighted by Gasteiger charge is 2.48. The van der Waals surface area contributed by atoms with Gasteiger partial charge in [0.05, 0.1) is 15.9 Å². The number of pyridine rings is 2. The van der Waals surface area contributed by atoms with Crippen molar-refractivity contribution >= 4 is 31.9 Å². The summed E-state index contributed by atoms with van der Waals surface area (Å²) >= 11 is 7.53. The van der Waals surface area contributed by atoms with Gasteiger partial charge in [0.15, 0.2) is 23.8 Å².